The molecule has 2 nitrogen and oxygen atoms in total. The lowest BCUT2D eigenvalue weighted by molar-refractivity contribution is -0.137. The molecule has 0 saturated carbocycles. The molecule has 1 aliphatic rings. The Kier molecular flexibility index (Phi) is 5.21. The van der Waals surface area contributed by atoms with Crippen molar-refractivity contribution in [3.8, 4) is 5.75 Å². The largest absolute Gasteiger partial charge is 0.492 e. The van der Waals surface area contributed by atoms with Crippen molar-refractivity contribution < 1.29 is 17.9 Å². The summed E-state index contributed by atoms with van der Waals surface area (Å²) in [6.07, 6.45) is -2.24. The lowest BCUT2D eigenvalue weighted by Crippen LogP contribution is -2.37. The number of benzene rings is 1. The van der Waals surface area contributed by atoms with Crippen LogP contribution in [-0.2, 0) is 6.18 Å². The first-order chi connectivity index (χ1) is 9.47. The summed E-state index contributed by atoms with van der Waals surface area (Å²) < 4.78 is 43.1. The van der Waals surface area contributed by atoms with Gasteiger partial charge in [-0.3, -0.25) is 0 Å². The molecule has 0 aliphatic carbocycles. The molecule has 1 fully saturated rings. The highest BCUT2D eigenvalue weighted by atomic mass is 32.2. The zero-order valence-electron chi connectivity index (χ0n) is 11.0. The molecule has 0 amide bonds. The molecule has 1 aromatic rings. The summed E-state index contributed by atoms with van der Waals surface area (Å²) in [6, 6.07) is 4.80. The molecule has 112 valence electrons. The van der Waals surface area contributed by atoms with Crippen molar-refractivity contribution in [1.82, 2.24) is 0 Å². The molecule has 1 atom stereocenters. The molecule has 1 saturated heterocycles. The van der Waals surface area contributed by atoms with Gasteiger partial charge in [0.1, 0.15) is 12.4 Å². The lowest BCUT2D eigenvalue weighted by atomic mass is 9.95. The van der Waals surface area contributed by atoms with Crippen LogP contribution in [-0.4, -0.2) is 24.2 Å². The van der Waals surface area contributed by atoms with Gasteiger partial charge in [-0.05, 0) is 48.5 Å². The second-order valence-corrected chi connectivity index (χ2v) is 6.17. The molecule has 0 spiro atoms. The molecule has 1 aromatic carbocycles. The first-order valence-electron chi connectivity index (χ1n) is 6.60. The minimum atomic E-state index is -4.35. The number of rotatable bonds is 4. The number of hydrogen-bond acceptors (Lipinski definition) is 3. The minimum absolute atomic E-state index is 0.120. The number of hydrogen-bond donors (Lipinski definition) is 1. The van der Waals surface area contributed by atoms with E-state index in [-0.39, 0.29) is 18.4 Å². The van der Waals surface area contributed by atoms with Gasteiger partial charge in [0.25, 0.3) is 0 Å². The van der Waals surface area contributed by atoms with E-state index in [0.717, 1.165) is 36.5 Å². The number of halogens is 3. The van der Waals surface area contributed by atoms with Gasteiger partial charge in [-0.2, -0.15) is 24.9 Å². The van der Waals surface area contributed by atoms with Crippen LogP contribution in [0.2, 0.25) is 0 Å². The molecular weight excluding hydrogens is 287 g/mol. The Morgan fingerprint density at radius 1 is 1.30 bits per heavy atom. The van der Waals surface area contributed by atoms with E-state index in [1.54, 1.807) is 0 Å². The monoisotopic (exact) mass is 305 g/mol. The standard InChI is InChI=1S/C14H18F3NOS/c15-14(16,17)11-2-1-3-12(8-11)19-9-13(18)10-4-6-20-7-5-10/h1-3,8,10,13H,4-7,9,18H2. The van der Waals surface area contributed by atoms with E-state index < -0.39 is 11.7 Å². The molecule has 20 heavy (non-hydrogen) atoms. The minimum Gasteiger partial charge on any atom is -0.492 e. The third-order valence-electron chi connectivity index (χ3n) is 3.48. The van der Waals surface area contributed by atoms with Crippen LogP contribution in [0.1, 0.15) is 18.4 Å². The van der Waals surface area contributed by atoms with Crippen LogP contribution in [0, 0.1) is 5.92 Å². The van der Waals surface area contributed by atoms with E-state index in [0.29, 0.717) is 5.92 Å². The van der Waals surface area contributed by atoms with Crippen LogP contribution in [0.25, 0.3) is 0 Å². The van der Waals surface area contributed by atoms with Crippen molar-refractivity contribution in [3.63, 3.8) is 0 Å². The summed E-state index contributed by atoms with van der Waals surface area (Å²) in [7, 11) is 0. The Morgan fingerprint density at radius 2 is 2.00 bits per heavy atom. The Bertz CT molecular complexity index is 433. The maximum absolute atomic E-state index is 12.6. The van der Waals surface area contributed by atoms with Crippen LogP contribution in [0.4, 0.5) is 13.2 Å². The normalized spacial score (nSPS) is 18.8. The first kappa shape index (κ1) is 15.5. The topological polar surface area (TPSA) is 35.2 Å². The van der Waals surface area contributed by atoms with Crippen LogP contribution in [0.5, 0.6) is 5.75 Å². The Morgan fingerprint density at radius 3 is 2.65 bits per heavy atom. The van der Waals surface area contributed by atoms with Gasteiger partial charge in [-0.25, -0.2) is 0 Å². The van der Waals surface area contributed by atoms with Gasteiger partial charge < -0.3 is 10.5 Å². The van der Waals surface area contributed by atoms with E-state index in [1.807, 2.05) is 11.8 Å². The van der Waals surface area contributed by atoms with Crippen molar-refractivity contribution in [2.45, 2.75) is 25.1 Å². The highest BCUT2D eigenvalue weighted by molar-refractivity contribution is 7.99. The molecule has 6 heteroatoms. The van der Waals surface area contributed by atoms with Gasteiger partial charge in [-0.1, -0.05) is 6.07 Å². The highest BCUT2D eigenvalue weighted by Gasteiger charge is 2.30. The molecule has 0 aromatic heterocycles. The number of alkyl halides is 3. The van der Waals surface area contributed by atoms with Crippen molar-refractivity contribution in [2.24, 2.45) is 11.7 Å². The fourth-order valence-electron chi connectivity index (χ4n) is 2.23. The van der Waals surface area contributed by atoms with Crippen molar-refractivity contribution in [3.05, 3.63) is 29.8 Å². The van der Waals surface area contributed by atoms with E-state index in [1.165, 1.54) is 12.1 Å². The van der Waals surface area contributed by atoms with Gasteiger partial charge in [0.05, 0.1) is 5.56 Å². The Balaban J connectivity index is 1.90. The lowest BCUT2D eigenvalue weighted by Gasteiger charge is -2.27. The van der Waals surface area contributed by atoms with Gasteiger partial charge in [-0.15, -0.1) is 0 Å². The zero-order chi connectivity index (χ0) is 14.6. The second kappa shape index (κ2) is 6.72. The number of nitrogens with two attached hydrogens (primary N) is 1. The Hall–Kier alpha value is -0.880. The van der Waals surface area contributed by atoms with Crippen LogP contribution < -0.4 is 10.5 Å². The molecule has 2 rings (SSSR count). The third kappa shape index (κ3) is 4.31. The van der Waals surface area contributed by atoms with Crippen molar-refractivity contribution >= 4 is 11.8 Å². The Labute approximate surface area is 120 Å². The van der Waals surface area contributed by atoms with Crippen LogP contribution in [0.3, 0.4) is 0 Å². The summed E-state index contributed by atoms with van der Waals surface area (Å²) in [6.45, 7) is 0.261. The fraction of sp³-hybridized carbons (Fsp3) is 0.571. The summed E-state index contributed by atoms with van der Waals surface area (Å²) in [5.41, 5.74) is 5.37. The van der Waals surface area contributed by atoms with Gasteiger partial charge in [0, 0.05) is 6.04 Å². The smallest absolute Gasteiger partial charge is 0.416 e. The molecular formula is C14H18F3NOS. The average molecular weight is 305 g/mol. The SMILES string of the molecule is NC(COc1cccc(C(F)(F)F)c1)C1CCSCC1. The first-order valence-corrected chi connectivity index (χ1v) is 7.75. The number of ether oxygens (including phenoxy) is 1. The van der Waals surface area contributed by atoms with Gasteiger partial charge in [0.2, 0.25) is 0 Å². The van der Waals surface area contributed by atoms with E-state index >= 15 is 0 Å². The molecule has 1 aliphatic heterocycles. The van der Waals surface area contributed by atoms with Crippen LogP contribution in [0.15, 0.2) is 24.3 Å². The predicted octanol–water partition coefficient (Wildman–Crippen LogP) is 3.55. The maximum atomic E-state index is 12.6. The van der Waals surface area contributed by atoms with E-state index in [2.05, 4.69) is 0 Å². The summed E-state index contributed by atoms with van der Waals surface area (Å²) in [5, 5.41) is 0. The van der Waals surface area contributed by atoms with Crippen LogP contribution >= 0.6 is 11.8 Å². The average Bonchev–Trinajstić information content (AvgIpc) is 2.45. The van der Waals surface area contributed by atoms with Crippen molar-refractivity contribution in [1.29, 1.82) is 0 Å². The summed E-state index contributed by atoms with van der Waals surface area (Å²) in [5.74, 6) is 2.83. The van der Waals surface area contributed by atoms with Gasteiger partial charge in [0.15, 0.2) is 0 Å². The molecule has 1 heterocycles. The van der Waals surface area contributed by atoms with Gasteiger partial charge >= 0.3 is 6.18 Å². The molecule has 2 N–H and O–H groups in total. The molecule has 1 unspecified atom stereocenters. The third-order valence-corrected chi connectivity index (χ3v) is 4.52. The van der Waals surface area contributed by atoms with E-state index in [9.17, 15) is 13.2 Å². The predicted molar refractivity (Wildman–Crippen MR) is 75.0 cm³/mol. The highest BCUT2D eigenvalue weighted by Crippen LogP contribution is 2.31. The summed E-state index contributed by atoms with van der Waals surface area (Å²) in [4.78, 5) is 0. The molecule has 0 bridgehead atoms. The quantitative estimate of drug-likeness (QED) is 0.924. The summed E-state index contributed by atoms with van der Waals surface area (Å²) >= 11 is 1.91. The molecule has 0 radical (unpaired) electrons. The second-order valence-electron chi connectivity index (χ2n) is 4.95. The zero-order valence-corrected chi connectivity index (χ0v) is 11.8. The van der Waals surface area contributed by atoms with Crippen molar-refractivity contribution in [2.75, 3.05) is 18.1 Å². The maximum Gasteiger partial charge on any atom is 0.416 e. The fourth-order valence-corrected chi connectivity index (χ4v) is 3.38. The van der Waals surface area contributed by atoms with E-state index in [4.69, 9.17) is 10.5 Å². The number of thioether (sulfide) groups is 1.